The molecule has 1 fully saturated rings. The molecule has 0 radical (unpaired) electrons. The third kappa shape index (κ3) is 3.37. The van der Waals surface area contributed by atoms with E-state index < -0.39 is 0 Å². The standard InChI is InChI=1S/C17H22N4O2/c1-13-15(20-11-8-18-9-12-20)16(22)21(17(23)19-13)10-7-14-5-3-2-4-6-14/h2-6,18H,7-12H2,1H3,(H,19,23). The van der Waals surface area contributed by atoms with E-state index in [0.29, 0.717) is 24.3 Å². The Kier molecular flexibility index (Phi) is 4.62. The summed E-state index contributed by atoms with van der Waals surface area (Å²) in [4.78, 5) is 29.9. The van der Waals surface area contributed by atoms with E-state index in [0.717, 1.165) is 31.7 Å². The summed E-state index contributed by atoms with van der Waals surface area (Å²) in [6, 6.07) is 9.89. The van der Waals surface area contributed by atoms with E-state index >= 15 is 0 Å². The lowest BCUT2D eigenvalue weighted by Crippen LogP contribution is -2.48. The summed E-state index contributed by atoms with van der Waals surface area (Å²) in [6.45, 7) is 5.44. The number of benzene rings is 1. The minimum Gasteiger partial charge on any atom is -0.363 e. The lowest BCUT2D eigenvalue weighted by atomic mass is 10.1. The van der Waals surface area contributed by atoms with Crippen LogP contribution >= 0.6 is 0 Å². The Bertz CT molecular complexity index is 773. The molecule has 0 saturated carbocycles. The van der Waals surface area contributed by atoms with Gasteiger partial charge in [-0.3, -0.25) is 9.36 Å². The molecule has 6 heteroatoms. The van der Waals surface area contributed by atoms with Gasteiger partial charge in [-0.2, -0.15) is 0 Å². The third-order valence-corrected chi connectivity index (χ3v) is 4.24. The van der Waals surface area contributed by atoms with Gasteiger partial charge in [0.05, 0.1) is 0 Å². The molecule has 3 rings (SSSR count). The first-order valence-corrected chi connectivity index (χ1v) is 8.00. The second-order valence-corrected chi connectivity index (χ2v) is 5.83. The van der Waals surface area contributed by atoms with Gasteiger partial charge in [-0.25, -0.2) is 4.79 Å². The first kappa shape index (κ1) is 15.6. The molecule has 0 unspecified atom stereocenters. The second kappa shape index (κ2) is 6.83. The van der Waals surface area contributed by atoms with Gasteiger partial charge in [-0.1, -0.05) is 30.3 Å². The Morgan fingerprint density at radius 2 is 1.78 bits per heavy atom. The monoisotopic (exact) mass is 314 g/mol. The zero-order valence-corrected chi connectivity index (χ0v) is 13.3. The first-order chi connectivity index (χ1) is 11.2. The normalized spacial score (nSPS) is 14.9. The molecule has 2 N–H and O–H groups in total. The van der Waals surface area contributed by atoms with E-state index in [1.807, 2.05) is 30.3 Å². The average Bonchev–Trinajstić information content (AvgIpc) is 2.56. The maximum absolute atomic E-state index is 12.8. The molecule has 1 aromatic heterocycles. The number of hydrogen-bond donors (Lipinski definition) is 2. The van der Waals surface area contributed by atoms with Crippen LogP contribution < -0.4 is 21.5 Å². The smallest absolute Gasteiger partial charge is 0.328 e. The molecule has 2 heterocycles. The molecule has 0 bridgehead atoms. The molecule has 1 saturated heterocycles. The van der Waals surface area contributed by atoms with Gasteiger partial charge in [0.1, 0.15) is 5.69 Å². The minimum atomic E-state index is -0.331. The predicted molar refractivity (Wildman–Crippen MR) is 91.3 cm³/mol. The molecule has 0 amide bonds. The Balaban J connectivity index is 1.90. The summed E-state index contributed by atoms with van der Waals surface area (Å²) in [5, 5.41) is 3.27. The molecule has 122 valence electrons. The second-order valence-electron chi connectivity index (χ2n) is 5.83. The topological polar surface area (TPSA) is 70.1 Å². The summed E-state index contributed by atoms with van der Waals surface area (Å²) in [5.74, 6) is 0. The van der Waals surface area contributed by atoms with E-state index in [9.17, 15) is 9.59 Å². The summed E-state index contributed by atoms with van der Waals surface area (Å²) in [6.07, 6.45) is 0.661. The van der Waals surface area contributed by atoms with Crippen molar-refractivity contribution in [2.75, 3.05) is 31.1 Å². The van der Waals surface area contributed by atoms with Crippen LogP contribution in [0.5, 0.6) is 0 Å². The Hall–Kier alpha value is -2.34. The minimum absolute atomic E-state index is 0.191. The van der Waals surface area contributed by atoms with Crippen molar-refractivity contribution in [3.63, 3.8) is 0 Å². The fraction of sp³-hybridized carbons (Fsp3) is 0.412. The molecule has 1 aliphatic rings. The van der Waals surface area contributed by atoms with Gasteiger partial charge in [0.2, 0.25) is 0 Å². The fourth-order valence-electron chi connectivity index (χ4n) is 3.02. The van der Waals surface area contributed by atoms with Crippen LogP contribution in [0.25, 0.3) is 0 Å². The third-order valence-electron chi connectivity index (χ3n) is 4.24. The van der Waals surface area contributed by atoms with Crippen LogP contribution in [-0.4, -0.2) is 35.7 Å². The van der Waals surface area contributed by atoms with E-state index in [1.165, 1.54) is 4.57 Å². The van der Waals surface area contributed by atoms with Crippen LogP contribution in [-0.2, 0) is 13.0 Å². The number of aromatic nitrogens is 2. The summed E-state index contributed by atoms with van der Waals surface area (Å²) < 4.78 is 1.32. The van der Waals surface area contributed by atoms with Crippen LogP contribution in [0.3, 0.4) is 0 Å². The van der Waals surface area contributed by atoms with E-state index in [1.54, 1.807) is 6.92 Å². The van der Waals surface area contributed by atoms with Gasteiger partial charge in [-0.05, 0) is 18.9 Å². The number of piperazine rings is 1. The quantitative estimate of drug-likeness (QED) is 0.862. The van der Waals surface area contributed by atoms with Crippen molar-refractivity contribution in [3.05, 3.63) is 62.4 Å². The van der Waals surface area contributed by atoms with Gasteiger partial charge in [0.25, 0.3) is 5.56 Å². The summed E-state index contributed by atoms with van der Waals surface area (Å²) in [5.41, 5.74) is 1.87. The van der Waals surface area contributed by atoms with E-state index in [4.69, 9.17) is 0 Å². The molecule has 0 spiro atoms. The van der Waals surface area contributed by atoms with E-state index in [2.05, 4.69) is 15.2 Å². The fourth-order valence-corrected chi connectivity index (χ4v) is 3.02. The number of nitrogens with zero attached hydrogens (tertiary/aromatic N) is 2. The SMILES string of the molecule is Cc1[nH]c(=O)n(CCc2ccccc2)c(=O)c1N1CCNCC1. The zero-order valence-electron chi connectivity index (χ0n) is 13.3. The first-order valence-electron chi connectivity index (χ1n) is 8.00. The van der Waals surface area contributed by atoms with Crippen LogP contribution in [0, 0.1) is 6.92 Å². The summed E-state index contributed by atoms with van der Waals surface area (Å²) in [7, 11) is 0. The number of hydrogen-bond acceptors (Lipinski definition) is 4. The van der Waals surface area contributed by atoms with Crippen LogP contribution in [0.1, 0.15) is 11.3 Å². The number of aryl methyl sites for hydroxylation is 2. The lowest BCUT2D eigenvalue weighted by molar-refractivity contribution is 0.572. The van der Waals surface area contributed by atoms with Gasteiger partial charge in [0, 0.05) is 38.4 Å². The Labute approximate surface area is 134 Å². The highest BCUT2D eigenvalue weighted by Gasteiger charge is 2.19. The van der Waals surface area contributed by atoms with Crippen molar-refractivity contribution in [2.24, 2.45) is 0 Å². The molecule has 0 aliphatic carbocycles. The zero-order chi connectivity index (χ0) is 16.2. The highest BCUT2D eigenvalue weighted by Crippen LogP contribution is 2.12. The van der Waals surface area contributed by atoms with Crippen molar-refractivity contribution in [1.82, 2.24) is 14.9 Å². The molecular weight excluding hydrogens is 292 g/mol. The van der Waals surface area contributed by atoms with Crippen LogP contribution in [0.15, 0.2) is 39.9 Å². The van der Waals surface area contributed by atoms with Gasteiger partial charge >= 0.3 is 5.69 Å². The number of anilines is 1. The average molecular weight is 314 g/mol. The number of H-pyrrole nitrogens is 1. The molecular formula is C17H22N4O2. The maximum Gasteiger partial charge on any atom is 0.328 e. The Morgan fingerprint density at radius 1 is 1.09 bits per heavy atom. The van der Waals surface area contributed by atoms with Gasteiger partial charge < -0.3 is 15.2 Å². The predicted octanol–water partition coefficient (Wildman–Crippen LogP) is 0.497. The Morgan fingerprint density at radius 3 is 2.48 bits per heavy atom. The molecule has 2 aromatic rings. The number of aromatic amines is 1. The lowest BCUT2D eigenvalue weighted by Gasteiger charge is -2.30. The highest BCUT2D eigenvalue weighted by molar-refractivity contribution is 5.48. The molecule has 23 heavy (non-hydrogen) atoms. The van der Waals surface area contributed by atoms with Crippen molar-refractivity contribution in [1.29, 1.82) is 0 Å². The van der Waals surface area contributed by atoms with Gasteiger partial charge in [0.15, 0.2) is 0 Å². The van der Waals surface area contributed by atoms with Crippen LogP contribution in [0.2, 0.25) is 0 Å². The highest BCUT2D eigenvalue weighted by atomic mass is 16.2. The van der Waals surface area contributed by atoms with Crippen molar-refractivity contribution < 1.29 is 0 Å². The molecule has 6 nitrogen and oxygen atoms in total. The van der Waals surface area contributed by atoms with Gasteiger partial charge in [-0.15, -0.1) is 0 Å². The number of rotatable bonds is 4. The van der Waals surface area contributed by atoms with E-state index in [-0.39, 0.29) is 11.2 Å². The van der Waals surface area contributed by atoms with Crippen molar-refractivity contribution in [2.45, 2.75) is 19.9 Å². The van der Waals surface area contributed by atoms with Crippen molar-refractivity contribution >= 4 is 5.69 Å². The molecule has 1 aliphatic heterocycles. The molecule has 0 atom stereocenters. The largest absolute Gasteiger partial charge is 0.363 e. The molecule has 1 aromatic carbocycles. The van der Waals surface area contributed by atoms with Crippen molar-refractivity contribution in [3.8, 4) is 0 Å². The van der Waals surface area contributed by atoms with Crippen LogP contribution in [0.4, 0.5) is 5.69 Å². The maximum atomic E-state index is 12.8. The summed E-state index contributed by atoms with van der Waals surface area (Å²) >= 11 is 0. The number of nitrogens with one attached hydrogen (secondary N) is 2.